The number of amides is 2. The van der Waals surface area contributed by atoms with E-state index >= 15 is 0 Å². The number of carboxylic acid groups (broad SMARTS) is 1. The van der Waals surface area contributed by atoms with Gasteiger partial charge in [0.05, 0.1) is 33.6 Å². The van der Waals surface area contributed by atoms with Gasteiger partial charge in [-0.1, -0.05) is 31.5 Å². The third-order valence-corrected chi connectivity index (χ3v) is 9.21. The van der Waals surface area contributed by atoms with Crippen molar-refractivity contribution in [1.29, 1.82) is 0 Å². The van der Waals surface area contributed by atoms with Gasteiger partial charge in [0.1, 0.15) is 6.54 Å². The van der Waals surface area contributed by atoms with Crippen LogP contribution in [0.1, 0.15) is 62.5 Å². The highest BCUT2D eigenvalue weighted by Crippen LogP contribution is 2.43. The molecular weight excluding hydrogens is 572 g/mol. The van der Waals surface area contributed by atoms with Crippen LogP contribution in [0, 0.1) is 5.92 Å². The number of quaternary nitrogens is 1. The summed E-state index contributed by atoms with van der Waals surface area (Å²) in [4.78, 5) is 45.2. The van der Waals surface area contributed by atoms with E-state index in [1.54, 1.807) is 0 Å². The summed E-state index contributed by atoms with van der Waals surface area (Å²) in [5.74, 6) is -0.479. The topological polar surface area (TPSA) is 99.6 Å². The van der Waals surface area contributed by atoms with Crippen molar-refractivity contribution in [3.63, 3.8) is 0 Å². The normalized spacial score (nSPS) is 21.5. The highest BCUT2D eigenvalue weighted by Gasteiger charge is 2.47. The van der Waals surface area contributed by atoms with Gasteiger partial charge in [0.25, 0.3) is 0 Å². The smallest absolute Gasteiger partial charge is 0.308 e. The summed E-state index contributed by atoms with van der Waals surface area (Å²) in [5, 5.41) is 10.6. The van der Waals surface area contributed by atoms with Crippen LogP contribution in [-0.2, 0) is 20.9 Å². The predicted molar refractivity (Wildman–Crippen MR) is 172 cm³/mol. The minimum atomic E-state index is -0.870. The quantitative estimate of drug-likeness (QED) is 0.314. The maximum absolute atomic E-state index is 14.2. The summed E-state index contributed by atoms with van der Waals surface area (Å²) in [6.45, 7) is 5.65. The number of unbranched alkanes of at least 4 members (excludes halogenated alkanes) is 1. The van der Waals surface area contributed by atoms with Gasteiger partial charge in [0, 0.05) is 55.8 Å². The van der Waals surface area contributed by atoms with E-state index in [0.717, 1.165) is 48.1 Å². The summed E-state index contributed by atoms with van der Waals surface area (Å²) in [7, 11) is 6.44. The van der Waals surface area contributed by atoms with E-state index < -0.39 is 11.9 Å². The second-order valence-electron chi connectivity index (χ2n) is 13.7. The second kappa shape index (κ2) is 14.2. The molecule has 3 heterocycles. The molecule has 1 N–H and O–H groups in total. The Bertz CT molecular complexity index is 1370. The van der Waals surface area contributed by atoms with Gasteiger partial charge in [0.2, 0.25) is 18.6 Å². The Morgan fingerprint density at radius 2 is 1.87 bits per heavy atom. The van der Waals surface area contributed by atoms with E-state index in [1.807, 2.05) is 40.1 Å². The zero-order chi connectivity index (χ0) is 32.1. The fourth-order valence-corrected chi connectivity index (χ4v) is 7.11. The summed E-state index contributed by atoms with van der Waals surface area (Å²) >= 11 is 0. The molecule has 0 spiro atoms. The first kappa shape index (κ1) is 32.8. The van der Waals surface area contributed by atoms with Gasteiger partial charge in [-0.2, -0.15) is 0 Å². The van der Waals surface area contributed by atoms with Crippen molar-refractivity contribution in [2.24, 2.45) is 5.92 Å². The highest BCUT2D eigenvalue weighted by atomic mass is 16.7. The van der Waals surface area contributed by atoms with Gasteiger partial charge in [-0.25, -0.2) is 0 Å². The molecule has 2 saturated heterocycles. The molecule has 0 aliphatic carbocycles. The average Bonchev–Trinajstić information content (AvgIpc) is 3.71. The maximum Gasteiger partial charge on any atom is 0.308 e. The molecule has 10 heteroatoms. The van der Waals surface area contributed by atoms with Crippen LogP contribution < -0.4 is 14.4 Å². The van der Waals surface area contributed by atoms with E-state index in [2.05, 4.69) is 45.1 Å². The van der Waals surface area contributed by atoms with Crippen molar-refractivity contribution in [1.82, 2.24) is 9.80 Å². The molecule has 2 aromatic rings. The number of benzene rings is 2. The number of carbonyl (C=O) groups is 3. The van der Waals surface area contributed by atoms with Crippen molar-refractivity contribution in [3.05, 3.63) is 53.6 Å². The average molecular weight is 622 g/mol. The number of likely N-dealkylation sites (tertiary alicyclic amines) is 2. The Kier molecular flexibility index (Phi) is 10.3. The first-order valence-electron chi connectivity index (χ1n) is 16.4. The molecule has 3 atom stereocenters. The zero-order valence-corrected chi connectivity index (χ0v) is 27.2. The van der Waals surface area contributed by atoms with Crippen molar-refractivity contribution >= 4 is 23.5 Å². The minimum absolute atomic E-state index is 0.0268. The Hall–Kier alpha value is -3.63. The molecular formula is C35H49N4O6+. The number of carbonyl (C=O) groups excluding carboxylic acids is 2. The van der Waals surface area contributed by atoms with Crippen molar-refractivity contribution in [2.45, 2.75) is 64.0 Å². The van der Waals surface area contributed by atoms with Crippen molar-refractivity contribution < 1.29 is 33.4 Å². The number of hydrogen-bond donors (Lipinski definition) is 1. The third kappa shape index (κ3) is 7.97. The Labute approximate surface area is 267 Å². The lowest BCUT2D eigenvalue weighted by Crippen LogP contribution is -2.45. The van der Waals surface area contributed by atoms with E-state index in [-0.39, 0.29) is 37.1 Å². The number of hydrogen-bond acceptors (Lipinski definition) is 6. The lowest BCUT2D eigenvalue weighted by Gasteiger charge is -2.30. The number of anilines is 1. The molecule has 45 heavy (non-hydrogen) atoms. The third-order valence-electron chi connectivity index (χ3n) is 9.21. The lowest BCUT2D eigenvalue weighted by atomic mass is 9.83. The maximum atomic E-state index is 14.2. The molecule has 3 aliphatic heterocycles. The highest BCUT2D eigenvalue weighted by molar-refractivity contribution is 5.95. The first-order valence-corrected chi connectivity index (χ1v) is 16.4. The van der Waals surface area contributed by atoms with E-state index in [0.29, 0.717) is 50.4 Å². The van der Waals surface area contributed by atoms with Gasteiger partial charge in [-0.05, 0) is 55.5 Å². The molecule has 5 rings (SSSR count). The minimum Gasteiger partial charge on any atom is -0.481 e. The molecule has 2 amide bonds. The SMILES string of the molecule is CCCCN(C(=O)CN1C[C@H](c2ccc3c(c2)OCO3)[C@@H](C(=O)O)[C@@H]1CCCN1CCCC1=O)c1cccc(C[N+](C)(C)C)c1. The van der Waals surface area contributed by atoms with Crippen LogP contribution in [-0.4, -0.2) is 104 Å². The van der Waals surface area contributed by atoms with Crippen molar-refractivity contribution in [3.8, 4) is 11.5 Å². The van der Waals surface area contributed by atoms with E-state index in [1.165, 1.54) is 5.56 Å². The van der Waals surface area contributed by atoms with Crippen LogP contribution in [0.5, 0.6) is 11.5 Å². The van der Waals surface area contributed by atoms with Crippen molar-refractivity contribution in [2.75, 3.05) is 65.6 Å². The summed E-state index contributed by atoms with van der Waals surface area (Å²) in [6, 6.07) is 13.5. The fraction of sp³-hybridized carbons (Fsp3) is 0.571. The van der Waals surface area contributed by atoms with E-state index in [9.17, 15) is 19.5 Å². The van der Waals surface area contributed by atoms with Crippen LogP contribution in [0.15, 0.2) is 42.5 Å². The van der Waals surface area contributed by atoms with Gasteiger partial charge < -0.3 is 28.9 Å². The van der Waals surface area contributed by atoms with Crippen LogP contribution in [0.25, 0.3) is 0 Å². The van der Waals surface area contributed by atoms with Gasteiger partial charge >= 0.3 is 5.97 Å². The fourth-order valence-electron chi connectivity index (χ4n) is 7.11. The Morgan fingerprint density at radius 3 is 2.58 bits per heavy atom. The Morgan fingerprint density at radius 1 is 1.07 bits per heavy atom. The molecule has 2 fully saturated rings. The van der Waals surface area contributed by atoms with E-state index in [4.69, 9.17) is 9.47 Å². The predicted octanol–water partition coefficient (Wildman–Crippen LogP) is 4.33. The molecule has 0 bridgehead atoms. The molecule has 3 aliphatic rings. The number of nitrogens with zero attached hydrogens (tertiary/aromatic N) is 4. The van der Waals surface area contributed by atoms with Gasteiger partial charge in [-0.15, -0.1) is 0 Å². The lowest BCUT2D eigenvalue weighted by molar-refractivity contribution is -0.884. The van der Waals surface area contributed by atoms with Crippen LogP contribution in [0.3, 0.4) is 0 Å². The number of rotatable bonds is 14. The van der Waals surface area contributed by atoms with Crippen LogP contribution in [0.4, 0.5) is 5.69 Å². The van der Waals surface area contributed by atoms with Crippen LogP contribution >= 0.6 is 0 Å². The monoisotopic (exact) mass is 621 g/mol. The molecule has 0 unspecified atom stereocenters. The molecule has 244 valence electrons. The number of aliphatic carboxylic acids is 1. The standard InChI is InChI=1S/C35H48N4O6/c1-5-6-18-38(27-11-7-10-25(19-27)23-39(2,3)4)33(41)22-37-21-28(26-14-15-30-31(20-26)45-24-44-30)34(35(42)43)29(37)12-8-16-36-17-9-13-32(36)40/h7,10-11,14-15,19-20,28-29,34H,5-6,8-9,12-13,16-18,21-24H2,1-4H3/p+1/t28-,29+,34-/m1/s1. The molecule has 0 radical (unpaired) electrons. The molecule has 10 nitrogen and oxygen atoms in total. The zero-order valence-electron chi connectivity index (χ0n) is 27.2. The molecule has 0 saturated carbocycles. The number of carboxylic acids is 1. The largest absolute Gasteiger partial charge is 0.481 e. The summed E-state index contributed by atoms with van der Waals surface area (Å²) in [5.41, 5.74) is 2.92. The van der Waals surface area contributed by atoms with Gasteiger partial charge in [-0.3, -0.25) is 19.3 Å². The summed E-state index contributed by atoms with van der Waals surface area (Å²) < 4.78 is 11.9. The molecule has 2 aromatic carbocycles. The summed E-state index contributed by atoms with van der Waals surface area (Å²) in [6.07, 6.45) is 4.55. The van der Waals surface area contributed by atoms with Crippen LogP contribution in [0.2, 0.25) is 0 Å². The Balaban J connectivity index is 1.40. The second-order valence-corrected chi connectivity index (χ2v) is 13.7. The molecule has 0 aromatic heterocycles. The van der Waals surface area contributed by atoms with Gasteiger partial charge in [0.15, 0.2) is 11.5 Å². The first-order chi connectivity index (χ1) is 21.5. The number of fused-ring (bicyclic) bond motifs is 1. The number of ether oxygens (including phenoxy) is 2.